The van der Waals surface area contributed by atoms with Crippen LogP contribution in [0.2, 0.25) is 0 Å². The van der Waals surface area contributed by atoms with Gasteiger partial charge < -0.3 is 29.8 Å². The van der Waals surface area contributed by atoms with Gasteiger partial charge in [0.2, 0.25) is 0 Å². The van der Waals surface area contributed by atoms with Gasteiger partial charge in [0.15, 0.2) is 11.4 Å². The summed E-state index contributed by atoms with van der Waals surface area (Å²) in [4.78, 5) is 37.3. The number of nitro benzene ring substituents is 1. The Kier molecular flexibility index (Phi) is 12.1. The summed E-state index contributed by atoms with van der Waals surface area (Å²) < 4.78 is 56.9. The first kappa shape index (κ1) is 46.0. The molecule has 5 aromatic rings. The molecule has 3 aliphatic heterocycles. The number of amides is 1. The summed E-state index contributed by atoms with van der Waals surface area (Å²) in [6, 6.07) is 18.2. The lowest BCUT2D eigenvalue weighted by Gasteiger charge is -2.56. The number of ether oxygens (including phenoxy) is 2. The van der Waals surface area contributed by atoms with E-state index in [1.165, 1.54) is 54.6 Å². The van der Waals surface area contributed by atoms with Crippen molar-refractivity contribution < 1.29 is 37.1 Å². The number of hydrogen-bond acceptors (Lipinski definition) is 12. The number of nitrogens with one attached hydrogen (secondary N) is 3. The molecule has 2 atom stereocenters. The molecule has 0 bridgehead atoms. The Labute approximate surface area is 396 Å². The van der Waals surface area contributed by atoms with E-state index in [-0.39, 0.29) is 51.9 Å². The molecule has 1 amide bonds. The molecule has 2 aliphatic carbocycles. The maximum atomic E-state index is 14.7. The minimum atomic E-state index is -4.71. The highest BCUT2D eigenvalue weighted by Gasteiger charge is 2.50. The summed E-state index contributed by atoms with van der Waals surface area (Å²) in [6.45, 7) is 9.22. The van der Waals surface area contributed by atoms with E-state index in [4.69, 9.17) is 9.47 Å². The minimum Gasteiger partial charge on any atom is -0.489 e. The molecule has 0 radical (unpaired) electrons. The Morgan fingerprint density at radius 1 is 1.06 bits per heavy atom. The number of carbonyl (C=O) groups excluding carboxylic acids is 1. The van der Waals surface area contributed by atoms with Gasteiger partial charge >= 0.3 is 0 Å². The number of H-pyrrole nitrogens is 1. The molecule has 4 N–H and O–H groups in total. The molecule has 3 aromatic carbocycles. The molecule has 1 spiro atoms. The molecular formula is C51H60FN7O8S. The molecule has 4 fully saturated rings. The van der Waals surface area contributed by atoms with Gasteiger partial charge in [-0.2, -0.15) is 0 Å². The Hall–Kier alpha value is -5.78. The zero-order valence-electron chi connectivity index (χ0n) is 38.8. The number of halogens is 1. The van der Waals surface area contributed by atoms with E-state index in [9.17, 15) is 32.8 Å². The highest BCUT2D eigenvalue weighted by molar-refractivity contribution is 7.90. The Morgan fingerprint density at radius 3 is 2.57 bits per heavy atom. The number of carbonyl (C=O) groups is 1. The molecule has 360 valence electrons. The van der Waals surface area contributed by atoms with Gasteiger partial charge in [0.05, 0.1) is 38.6 Å². The first-order valence-electron chi connectivity index (χ1n) is 24.1. The maximum absolute atomic E-state index is 14.7. The third-order valence-electron chi connectivity index (χ3n) is 15.5. The summed E-state index contributed by atoms with van der Waals surface area (Å²) in [5.74, 6) is -0.668. The van der Waals surface area contributed by atoms with Crippen molar-refractivity contribution in [3.63, 3.8) is 0 Å². The van der Waals surface area contributed by atoms with Gasteiger partial charge in [-0.05, 0) is 131 Å². The third kappa shape index (κ3) is 9.11. The Bertz CT molecular complexity index is 2840. The Balaban J connectivity index is 0.853. The molecule has 10 rings (SSSR count). The number of aromatic amines is 1. The summed E-state index contributed by atoms with van der Waals surface area (Å²) >= 11 is 0. The molecule has 2 aromatic heterocycles. The van der Waals surface area contributed by atoms with Crippen molar-refractivity contribution in [2.24, 2.45) is 11.3 Å². The molecule has 2 saturated carbocycles. The van der Waals surface area contributed by atoms with Gasteiger partial charge in [0, 0.05) is 55.3 Å². The van der Waals surface area contributed by atoms with Gasteiger partial charge in [-0.15, -0.1) is 0 Å². The first-order chi connectivity index (χ1) is 32.5. The van der Waals surface area contributed by atoms with E-state index >= 15 is 0 Å². The number of piperidine rings is 1. The Morgan fingerprint density at radius 2 is 1.82 bits per heavy atom. The zero-order valence-corrected chi connectivity index (χ0v) is 39.6. The smallest absolute Gasteiger partial charge is 0.297 e. The van der Waals surface area contributed by atoms with Crippen LogP contribution in [0.1, 0.15) is 125 Å². The standard InChI is InChI=1S/C51H60FN7O8S/c1-31(2)38-7-4-5-8-39(38)43-9-6-18-58(43)35-26-51(27-35)16-19-57(20-17-51)34-10-11-40(45(22-34)67-36-23-41-42(52)29-54-48(41)53-28-36)49(60)56-68(64,65)37-24-44(59(62)63)47-46(25-37)66-30-33(55-47)21-32-12-14-50(3,61)15-13-32/h4-5,7-8,10-11,22-25,28-29,31-33,35,43,55,61H,6,9,12-21,26-27,30H2,1-3H3,(H,53,54)(H,56,60)/t32-,33-,43-,50-/m0/s1. The molecule has 0 unspecified atom stereocenters. The van der Waals surface area contributed by atoms with Crippen LogP contribution in [0.15, 0.2) is 78.0 Å². The monoisotopic (exact) mass is 949 g/mol. The highest BCUT2D eigenvalue weighted by Crippen LogP contribution is 2.54. The predicted molar refractivity (Wildman–Crippen MR) is 257 cm³/mol. The molecule has 5 aliphatic rings. The summed E-state index contributed by atoms with van der Waals surface area (Å²) in [6.07, 6.45) is 12.9. The summed E-state index contributed by atoms with van der Waals surface area (Å²) in [7, 11) is -4.71. The quantitative estimate of drug-likeness (QED) is 0.0685. The lowest BCUT2D eigenvalue weighted by Crippen LogP contribution is -2.54. The van der Waals surface area contributed by atoms with Crippen LogP contribution >= 0.6 is 0 Å². The average Bonchev–Trinajstić information content (AvgIpc) is 3.94. The zero-order chi connectivity index (χ0) is 47.5. The van der Waals surface area contributed by atoms with E-state index < -0.39 is 42.9 Å². The minimum absolute atomic E-state index is 0.0171. The van der Waals surface area contributed by atoms with Gasteiger partial charge in [0.1, 0.15) is 29.6 Å². The van der Waals surface area contributed by atoms with Crippen molar-refractivity contribution in [1.29, 1.82) is 0 Å². The molecular weight excluding hydrogens is 890 g/mol. The van der Waals surface area contributed by atoms with Crippen LogP contribution in [-0.2, 0) is 10.0 Å². The third-order valence-corrected chi connectivity index (χ3v) is 16.8. The van der Waals surface area contributed by atoms with E-state index in [0.717, 1.165) is 69.9 Å². The second-order valence-electron chi connectivity index (χ2n) is 20.6. The van der Waals surface area contributed by atoms with Crippen molar-refractivity contribution in [3.8, 4) is 17.2 Å². The first-order valence-corrected chi connectivity index (χ1v) is 25.6. The summed E-state index contributed by atoms with van der Waals surface area (Å²) in [5.41, 5.74) is 3.01. The fourth-order valence-corrected chi connectivity index (χ4v) is 12.7. The van der Waals surface area contributed by atoms with Crippen LogP contribution in [0.5, 0.6) is 17.2 Å². The van der Waals surface area contributed by atoms with Gasteiger partial charge in [-0.1, -0.05) is 38.1 Å². The number of sulfonamides is 1. The van der Waals surface area contributed by atoms with E-state index in [1.54, 1.807) is 12.1 Å². The maximum Gasteiger partial charge on any atom is 0.297 e. The van der Waals surface area contributed by atoms with Crippen molar-refractivity contribution in [1.82, 2.24) is 19.6 Å². The number of pyridine rings is 1. The van der Waals surface area contributed by atoms with Crippen LogP contribution in [0.3, 0.4) is 0 Å². The second kappa shape index (κ2) is 17.9. The van der Waals surface area contributed by atoms with Gasteiger partial charge in [-0.3, -0.25) is 19.8 Å². The second-order valence-corrected chi connectivity index (χ2v) is 22.2. The average molecular weight is 950 g/mol. The number of anilines is 2. The lowest BCUT2D eigenvalue weighted by molar-refractivity contribution is -0.384. The fourth-order valence-electron chi connectivity index (χ4n) is 11.7. The van der Waals surface area contributed by atoms with Crippen molar-refractivity contribution in [3.05, 3.63) is 106 Å². The number of benzene rings is 3. The van der Waals surface area contributed by atoms with Gasteiger partial charge in [0.25, 0.3) is 21.6 Å². The number of likely N-dealkylation sites (tertiary alicyclic amines) is 1. The van der Waals surface area contributed by atoms with Crippen LogP contribution in [-0.4, -0.2) is 83.1 Å². The highest BCUT2D eigenvalue weighted by atomic mass is 32.2. The number of hydrogen-bond donors (Lipinski definition) is 4. The number of fused-ring (bicyclic) bond motifs is 2. The summed E-state index contributed by atoms with van der Waals surface area (Å²) in [5, 5.41) is 26.2. The molecule has 68 heavy (non-hydrogen) atoms. The molecule has 5 heterocycles. The number of nitro groups is 1. The number of aromatic nitrogens is 2. The predicted octanol–water partition coefficient (Wildman–Crippen LogP) is 9.73. The van der Waals surface area contributed by atoms with E-state index in [1.807, 2.05) is 6.92 Å². The largest absolute Gasteiger partial charge is 0.489 e. The van der Waals surface area contributed by atoms with Crippen LogP contribution in [0, 0.1) is 27.3 Å². The number of aliphatic hydroxyl groups is 1. The van der Waals surface area contributed by atoms with Crippen LogP contribution < -0.4 is 24.4 Å². The van der Waals surface area contributed by atoms with Crippen LogP contribution in [0.4, 0.5) is 21.5 Å². The number of nitrogens with zero attached hydrogens (tertiary/aromatic N) is 4. The topological polar surface area (TPSA) is 192 Å². The van der Waals surface area contributed by atoms with E-state index in [0.29, 0.717) is 48.8 Å². The number of rotatable bonds is 12. The normalized spacial score (nSPS) is 24.0. The van der Waals surface area contributed by atoms with Crippen LogP contribution in [0.25, 0.3) is 11.0 Å². The molecule has 2 saturated heterocycles. The lowest BCUT2D eigenvalue weighted by atomic mass is 9.59. The fraction of sp³-hybridized carbons (Fsp3) is 0.490. The SMILES string of the molecule is CC(C)c1ccccc1[C@@H]1CCCN1C1CC2(CCN(c3ccc(C(=O)NS(=O)(=O)c4cc5c(c([N+](=O)[O-])c4)N[C@@H](C[C@H]4CC[C@](C)(O)CC4)CO5)c(Oc4cnc5[nH]cc(F)c5c4)c3)CC2)C1. The van der Waals surface area contributed by atoms with Crippen molar-refractivity contribution >= 4 is 44.0 Å². The van der Waals surface area contributed by atoms with Crippen molar-refractivity contribution in [2.75, 3.05) is 36.5 Å². The van der Waals surface area contributed by atoms with E-state index in [2.05, 4.69) is 67.9 Å². The van der Waals surface area contributed by atoms with Gasteiger partial charge in [-0.25, -0.2) is 22.5 Å². The molecule has 17 heteroatoms. The van der Waals surface area contributed by atoms with Crippen molar-refractivity contribution in [2.45, 2.75) is 126 Å². The molecule has 15 nitrogen and oxygen atoms in total.